The van der Waals surface area contributed by atoms with Crippen molar-refractivity contribution in [2.24, 2.45) is 0 Å². The Hall–Kier alpha value is -2.46. The van der Waals surface area contributed by atoms with Crippen molar-refractivity contribution in [3.8, 4) is 17.3 Å². The smallest absolute Gasteiger partial charge is 0.292 e. The number of fused-ring (bicyclic) bond motifs is 1. The monoisotopic (exact) mass is 287 g/mol. The fraction of sp³-hybridized carbons (Fsp3) is 0.0769. The number of halogens is 1. The summed E-state index contributed by atoms with van der Waals surface area (Å²) in [5, 5.41) is 9.12. The van der Waals surface area contributed by atoms with Crippen LogP contribution in [0.5, 0.6) is 0 Å². The molecular weight excluding hydrogens is 281 g/mol. The highest BCUT2D eigenvalue weighted by Crippen LogP contribution is 2.32. The van der Waals surface area contributed by atoms with Crippen LogP contribution < -0.4 is 5.56 Å². The van der Waals surface area contributed by atoms with Crippen molar-refractivity contribution in [2.45, 2.75) is 11.7 Å². The van der Waals surface area contributed by atoms with Crippen molar-refractivity contribution < 1.29 is 9.18 Å². The first-order chi connectivity index (χ1) is 9.61. The number of hydrogen-bond donors (Lipinski definition) is 0. The third kappa shape index (κ3) is 1.82. The zero-order valence-corrected chi connectivity index (χ0v) is 10.8. The molecule has 0 aliphatic carbocycles. The van der Waals surface area contributed by atoms with Gasteiger partial charge >= 0.3 is 0 Å². The number of nitriles is 1. The highest BCUT2D eigenvalue weighted by molar-refractivity contribution is 8.13. The quantitative estimate of drug-likeness (QED) is 0.744. The zero-order chi connectivity index (χ0) is 14.3. The Morgan fingerprint density at radius 1 is 1.35 bits per heavy atom. The molecule has 0 N–H and O–H groups in total. The molecule has 5 nitrogen and oxygen atoms in total. The van der Waals surface area contributed by atoms with Crippen LogP contribution >= 0.6 is 11.8 Å². The van der Waals surface area contributed by atoms with Gasteiger partial charge < -0.3 is 4.57 Å². The van der Waals surface area contributed by atoms with Crippen molar-refractivity contribution in [1.29, 1.82) is 5.26 Å². The van der Waals surface area contributed by atoms with Gasteiger partial charge in [-0.15, -0.1) is 0 Å². The van der Waals surface area contributed by atoms with Crippen molar-refractivity contribution >= 4 is 16.9 Å². The number of nitrogens with zero attached hydrogens (tertiary/aromatic N) is 3. The molecule has 1 aromatic heterocycles. The van der Waals surface area contributed by atoms with E-state index >= 15 is 0 Å². The fourth-order valence-electron chi connectivity index (χ4n) is 2.06. The summed E-state index contributed by atoms with van der Waals surface area (Å²) < 4.78 is 15.4. The molecule has 0 spiro atoms. The first kappa shape index (κ1) is 12.6. The summed E-state index contributed by atoms with van der Waals surface area (Å²) in [6.45, 7) is -0.0361. The van der Waals surface area contributed by atoms with E-state index < -0.39 is 11.4 Å². The first-order valence-electron chi connectivity index (χ1n) is 5.62. The maximum Gasteiger partial charge on any atom is 0.292 e. The molecule has 0 bridgehead atoms. The van der Waals surface area contributed by atoms with E-state index in [0.717, 1.165) is 11.8 Å². The predicted octanol–water partition coefficient (Wildman–Crippen LogP) is 1.55. The van der Waals surface area contributed by atoms with Crippen LogP contribution in [0.1, 0.15) is 5.56 Å². The molecule has 2 aromatic rings. The molecule has 0 fully saturated rings. The summed E-state index contributed by atoms with van der Waals surface area (Å²) in [5.74, 6) is -0.561. The molecule has 0 saturated carbocycles. The average molecular weight is 287 g/mol. The Morgan fingerprint density at radius 2 is 2.10 bits per heavy atom. The minimum Gasteiger partial charge on any atom is -0.310 e. The Bertz CT molecular complexity index is 838. The maximum atomic E-state index is 14.0. The Kier molecular flexibility index (Phi) is 2.88. The summed E-state index contributed by atoms with van der Waals surface area (Å²) in [5.41, 5.74) is -0.785. The molecule has 1 aromatic carbocycles. The lowest BCUT2D eigenvalue weighted by Crippen LogP contribution is -2.19. The molecule has 7 heteroatoms. The lowest BCUT2D eigenvalue weighted by Gasteiger charge is -2.12. The van der Waals surface area contributed by atoms with Gasteiger partial charge in [0.2, 0.25) is 5.12 Å². The van der Waals surface area contributed by atoms with Crippen LogP contribution in [0, 0.1) is 17.1 Å². The highest BCUT2D eigenvalue weighted by Gasteiger charge is 2.28. The van der Waals surface area contributed by atoms with Crippen molar-refractivity contribution in [1.82, 2.24) is 9.55 Å². The Morgan fingerprint density at radius 3 is 2.80 bits per heavy atom. The Balaban J connectivity index is 2.42. The van der Waals surface area contributed by atoms with E-state index in [4.69, 9.17) is 5.26 Å². The molecular formula is C13H6FN3O2S. The second-order valence-electron chi connectivity index (χ2n) is 4.08. The molecule has 98 valence electrons. The van der Waals surface area contributed by atoms with Crippen LogP contribution in [0.2, 0.25) is 0 Å². The number of benzene rings is 1. The molecule has 1 aliphatic heterocycles. The lowest BCUT2D eigenvalue weighted by atomic mass is 10.1. The van der Waals surface area contributed by atoms with Gasteiger partial charge in [0.1, 0.15) is 17.4 Å². The summed E-state index contributed by atoms with van der Waals surface area (Å²) in [4.78, 5) is 27.0. The van der Waals surface area contributed by atoms with E-state index in [1.165, 1.54) is 22.8 Å². The standard InChI is InChI=1S/C13H6FN3O2S/c14-9-4-2-1-3-7(9)11-8(5-15)12(19)16-13-17(11)6-10(18)20-13/h1-4H,6H2. The highest BCUT2D eigenvalue weighted by atomic mass is 32.2. The molecule has 0 unspecified atom stereocenters. The van der Waals surface area contributed by atoms with Gasteiger partial charge in [-0.25, -0.2) is 4.39 Å². The van der Waals surface area contributed by atoms with Gasteiger partial charge in [0.25, 0.3) is 5.56 Å². The van der Waals surface area contributed by atoms with Crippen molar-refractivity contribution in [3.63, 3.8) is 0 Å². The first-order valence-corrected chi connectivity index (χ1v) is 6.44. The number of hydrogen-bond acceptors (Lipinski definition) is 5. The third-order valence-electron chi connectivity index (χ3n) is 2.88. The van der Waals surface area contributed by atoms with Crippen LogP contribution in [0.3, 0.4) is 0 Å². The fourth-order valence-corrected chi connectivity index (χ4v) is 2.85. The van der Waals surface area contributed by atoms with Crippen LogP contribution in [-0.2, 0) is 11.3 Å². The van der Waals surface area contributed by atoms with Gasteiger partial charge in [-0.05, 0) is 23.9 Å². The number of carbonyl (C=O) groups excluding carboxylic acids is 1. The predicted molar refractivity (Wildman–Crippen MR) is 69.5 cm³/mol. The van der Waals surface area contributed by atoms with E-state index in [9.17, 15) is 14.0 Å². The van der Waals surface area contributed by atoms with Gasteiger partial charge in [0, 0.05) is 5.56 Å². The maximum absolute atomic E-state index is 14.0. The number of thioether (sulfide) groups is 1. The van der Waals surface area contributed by atoms with Gasteiger partial charge in [0.05, 0.1) is 12.2 Å². The lowest BCUT2D eigenvalue weighted by molar-refractivity contribution is -0.111. The molecule has 0 saturated heterocycles. The average Bonchev–Trinajstić information content (AvgIpc) is 2.78. The topological polar surface area (TPSA) is 75.8 Å². The molecule has 0 atom stereocenters. The largest absolute Gasteiger partial charge is 0.310 e. The van der Waals surface area contributed by atoms with Crippen LogP contribution in [0.15, 0.2) is 34.2 Å². The van der Waals surface area contributed by atoms with Gasteiger partial charge in [-0.2, -0.15) is 10.2 Å². The number of aromatic nitrogens is 2. The second kappa shape index (κ2) is 4.58. The van der Waals surface area contributed by atoms with E-state index in [-0.39, 0.29) is 33.6 Å². The molecule has 20 heavy (non-hydrogen) atoms. The molecule has 0 amide bonds. The van der Waals surface area contributed by atoms with Gasteiger partial charge in [-0.3, -0.25) is 9.59 Å². The molecule has 3 rings (SSSR count). The summed E-state index contributed by atoms with van der Waals surface area (Å²) in [6, 6.07) is 7.56. The molecule has 2 heterocycles. The number of rotatable bonds is 1. The third-order valence-corrected chi connectivity index (χ3v) is 3.73. The van der Waals surface area contributed by atoms with Crippen molar-refractivity contribution in [2.75, 3.05) is 0 Å². The molecule has 1 aliphatic rings. The van der Waals surface area contributed by atoms with Gasteiger partial charge in [-0.1, -0.05) is 12.1 Å². The van der Waals surface area contributed by atoms with Crippen molar-refractivity contribution in [3.05, 3.63) is 46.0 Å². The minimum atomic E-state index is -0.751. The van der Waals surface area contributed by atoms with E-state index in [2.05, 4.69) is 4.98 Å². The number of carbonyl (C=O) groups is 1. The normalized spacial score (nSPS) is 13.1. The van der Waals surface area contributed by atoms with E-state index in [0.29, 0.717) is 0 Å². The van der Waals surface area contributed by atoms with Gasteiger partial charge in [0.15, 0.2) is 5.16 Å². The van der Waals surface area contributed by atoms with Crippen LogP contribution in [0.4, 0.5) is 4.39 Å². The Labute approximate surface area is 116 Å². The van der Waals surface area contributed by atoms with Crippen LogP contribution in [-0.4, -0.2) is 14.7 Å². The summed E-state index contributed by atoms with van der Waals surface area (Å²) in [7, 11) is 0. The second-order valence-corrected chi connectivity index (χ2v) is 5.10. The molecule has 0 radical (unpaired) electrons. The summed E-state index contributed by atoms with van der Waals surface area (Å²) in [6.07, 6.45) is 0. The zero-order valence-electron chi connectivity index (χ0n) is 9.96. The van der Waals surface area contributed by atoms with Crippen LogP contribution in [0.25, 0.3) is 11.3 Å². The van der Waals surface area contributed by atoms with E-state index in [1.807, 2.05) is 0 Å². The van der Waals surface area contributed by atoms with E-state index in [1.54, 1.807) is 12.1 Å². The summed E-state index contributed by atoms with van der Waals surface area (Å²) >= 11 is 0.820. The minimum absolute atomic E-state index is 0.0361. The SMILES string of the molecule is N#Cc1c(-c2ccccc2F)n2c(nc1=O)SC(=O)C2.